The number of hydrogen-bond donors (Lipinski definition) is 1. The number of aryl methyl sites for hydroxylation is 1. The third kappa shape index (κ3) is 4.43. The summed E-state index contributed by atoms with van der Waals surface area (Å²) < 4.78 is 5.51. The van der Waals surface area contributed by atoms with Crippen LogP contribution in [0.15, 0.2) is 16.8 Å². The van der Waals surface area contributed by atoms with Crippen LogP contribution in [0.4, 0.5) is 5.95 Å². The summed E-state index contributed by atoms with van der Waals surface area (Å²) in [6.45, 7) is 4.87. The number of nitrogens with one attached hydrogen (secondary N) is 1. The number of aromatic nitrogens is 3. The normalized spacial score (nSPS) is 26.2. The Hall–Kier alpha value is -2.44. The van der Waals surface area contributed by atoms with Gasteiger partial charge in [-0.25, -0.2) is 9.97 Å². The first kappa shape index (κ1) is 19.9. The lowest BCUT2D eigenvalue weighted by Crippen LogP contribution is -2.32. The van der Waals surface area contributed by atoms with E-state index < -0.39 is 0 Å². The molecule has 0 bridgehead atoms. The van der Waals surface area contributed by atoms with Crippen molar-refractivity contribution in [3.05, 3.63) is 23.7 Å². The van der Waals surface area contributed by atoms with Crippen LogP contribution in [0.25, 0.3) is 11.3 Å². The Balaban J connectivity index is 1.44. The van der Waals surface area contributed by atoms with E-state index in [0.717, 1.165) is 61.4 Å². The number of carbonyl (C=O) groups excluding carboxylic acids is 1. The van der Waals surface area contributed by atoms with E-state index in [1.807, 2.05) is 38.2 Å². The number of carbonyl (C=O) groups is 1. The van der Waals surface area contributed by atoms with Crippen molar-refractivity contribution in [2.45, 2.75) is 51.9 Å². The van der Waals surface area contributed by atoms with E-state index in [4.69, 9.17) is 9.51 Å². The molecule has 2 aliphatic carbocycles. The molecule has 1 amide bonds. The lowest BCUT2D eigenvalue weighted by Gasteiger charge is -2.29. The highest BCUT2D eigenvalue weighted by Crippen LogP contribution is 2.40. The standard InChI is InChI=1S/C22H31N5O2/c1-13-9-17(13)21(28)23-11-15-5-7-16(8-6-15)20-18(19-10-14(2)26-29-19)12-24-22(25-20)27(3)4/h10,12-13,15-17H,5-9,11H2,1-4H3,(H,23,28)/t13-,15?,16?,17+/m0/s1. The lowest BCUT2D eigenvalue weighted by atomic mass is 9.79. The summed E-state index contributed by atoms with van der Waals surface area (Å²) in [6, 6.07) is 1.94. The summed E-state index contributed by atoms with van der Waals surface area (Å²) in [7, 11) is 3.91. The zero-order valence-electron chi connectivity index (χ0n) is 17.8. The maximum atomic E-state index is 12.1. The molecular formula is C22H31N5O2. The van der Waals surface area contributed by atoms with Crippen LogP contribution in [-0.2, 0) is 4.79 Å². The van der Waals surface area contributed by atoms with Crippen LogP contribution >= 0.6 is 0 Å². The lowest BCUT2D eigenvalue weighted by molar-refractivity contribution is -0.122. The smallest absolute Gasteiger partial charge is 0.225 e. The van der Waals surface area contributed by atoms with Gasteiger partial charge in [-0.2, -0.15) is 0 Å². The minimum Gasteiger partial charge on any atom is -0.356 e. The van der Waals surface area contributed by atoms with Crippen LogP contribution in [0.5, 0.6) is 0 Å². The summed E-state index contributed by atoms with van der Waals surface area (Å²) in [5, 5.41) is 7.20. The summed E-state index contributed by atoms with van der Waals surface area (Å²) in [5.41, 5.74) is 2.84. The minimum absolute atomic E-state index is 0.244. The molecule has 2 saturated carbocycles. The van der Waals surface area contributed by atoms with Crippen LogP contribution in [0.2, 0.25) is 0 Å². The van der Waals surface area contributed by atoms with Gasteiger partial charge in [0, 0.05) is 44.7 Å². The van der Waals surface area contributed by atoms with Gasteiger partial charge in [0.15, 0.2) is 5.76 Å². The SMILES string of the molecule is Cc1cc(-c2cnc(N(C)C)nc2C2CCC(CNC(=O)[C@@H]3C[C@@H]3C)CC2)on1. The number of hydrogen-bond acceptors (Lipinski definition) is 6. The van der Waals surface area contributed by atoms with E-state index in [1.54, 1.807) is 0 Å². The monoisotopic (exact) mass is 397 g/mol. The van der Waals surface area contributed by atoms with Crippen LogP contribution in [-0.4, -0.2) is 41.7 Å². The molecule has 2 heterocycles. The quantitative estimate of drug-likeness (QED) is 0.802. The molecule has 0 radical (unpaired) electrons. The zero-order chi connectivity index (χ0) is 20.5. The van der Waals surface area contributed by atoms with E-state index in [1.165, 1.54) is 0 Å². The van der Waals surface area contributed by atoms with Crippen molar-refractivity contribution in [3.8, 4) is 11.3 Å². The van der Waals surface area contributed by atoms with E-state index in [2.05, 4.69) is 22.4 Å². The zero-order valence-corrected chi connectivity index (χ0v) is 17.8. The predicted molar refractivity (Wildman–Crippen MR) is 112 cm³/mol. The molecule has 29 heavy (non-hydrogen) atoms. The Morgan fingerprint density at radius 2 is 2.00 bits per heavy atom. The molecule has 7 heteroatoms. The van der Waals surface area contributed by atoms with E-state index in [0.29, 0.717) is 23.7 Å². The van der Waals surface area contributed by atoms with Crippen LogP contribution in [0.1, 0.15) is 56.3 Å². The molecular weight excluding hydrogens is 366 g/mol. The van der Waals surface area contributed by atoms with Gasteiger partial charge < -0.3 is 14.7 Å². The number of rotatable bonds is 6. The van der Waals surface area contributed by atoms with Gasteiger partial charge in [0.05, 0.1) is 17.0 Å². The topological polar surface area (TPSA) is 84.2 Å². The van der Waals surface area contributed by atoms with Crippen LogP contribution in [0.3, 0.4) is 0 Å². The fourth-order valence-corrected chi connectivity index (χ4v) is 4.30. The molecule has 156 valence electrons. The van der Waals surface area contributed by atoms with Crippen LogP contribution in [0, 0.1) is 24.7 Å². The molecule has 2 atom stereocenters. The average Bonchev–Trinajstić information content (AvgIpc) is 3.30. The van der Waals surface area contributed by atoms with Gasteiger partial charge in [0.2, 0.25) is 11.9 Å². The van der Waals surface area contributed by atoms with Crippen LogP contribution < -0.4 is 10.2 Å². The molecule has 1 N–H and O–H groups in total. The van der Waals surface area contributed by atoms with Gasteiger partial charge in [-0.05, 0) is 50.9 Å². The molecule has 0 spiro atoms. The average molecular weight is 398 g/mol. The van der Waals surface area contributed by atoms with E-state index >= 15 is 0 Å². The molecule has 0 unspecified atom stereocenters. The van der Waals surface area contributed by atoms with Gasteiger partial charge in [-0.1, -0.05) is 12.1 Å². The van der Waals surface area contributed by atoms with Crippen molar-refractivity contribution in [1.29, 1.82) is 0 Å². The molecule has 2 aliphatic rings. The molecule has 2 aromatic rings. The third-order valence-electron chi connectivity index (χ3n) is 6.34. The summed E-state index contributed by atoms with van der Waals surface area (Å²) in [6.07, 6.45) is 7.22. The Bertz CT molecular complexity index is 870. The number of anilines is 1. The first-order valence-corrected chi connectivity index (χ1v) is 10.7. The molecule has 2 fully saturated rings. The highest BCUT2D eigenvalue weighted by molar-refractivity contribution is 5.81. The molecule has 0 aliphatic heterocycles. The molecule has 7 nitrogen and oxygen atoms in total. The number of nitrogens with zero attached hydrogens (tertiary/aromatic N) is 4. The van der Waals surface area contributed by atoms with Crippen molar-refractivity contribution < 1.29 is 9.32 Å². The second-order valence-electron chi connectivity index (χ2n) is 8.98. The van der Waals surface area contributed by atoms with Gasteiger partial charge in [0.1, 0.15) is 0 Å². The third-order valence-corrected chi connectivity index (χ3v) is 6.34. The molecule has 4 rings (SSSR count). The largest absolute Gasteiger partial charge is 0.356 e. The molecule has 0 aromatic carbocycles. The first-order chi connectivity index (χ1) is 13.9. The Morgan fingerprint density at radius 3 is 2.59 bits per heavy atom. The summed E-state index contributed by atoms with van der Waals surface area (Å²) in [5.74, 6) is 3.43. The Kier molecular flexibility index (Phi) is 5.56. The van der Waals surface area contributed by atoms with Gasteiger partial charge in [-0.15, -0.1) is 0 Å². The van der Waals surface area contributed by atoms with Crippen molar-refractivity contribution in [2.24, 2.45) is 17.8 Å². The highest BCUT2D eigenvalue weighted by Gasteiger charge is 2.39. The summed E-state index contributed by atoms with van der Waals surface area (Å²) in [4.78, 5) is 23.4. The van der Waals surface area contributed by atoms with Crippen molar-refractivity contribution >= 4 is 11.9 Å². The second kappa shape index (κ2) is 8.13. The highest BCUT2D eigenvalue weighted by atomic mass is 16.5. The van der Waals surface area contributed by atoms with E-state index in [-0.39, 0.29) is 11.8 Å². The van der Waals surface area contributed by atoms with E-state index in [9.17, 15) is 4.79 Å². The Morgan fingerprint density at radius 1 is 1.28 bits per heavy atom. The first-order valence-electron chi connectivity index (χ1n) is 10.7. The predicted octanol–water partition coefficient (Wildman–Crippen LogP) is 3.55. The number of amides is 1. The van der Waals surface area contributed by atoms with Crippen molar-refractivity contribution in [3.63, 3.8) is 0 Å². The fraction of sp³-hybridized carbons (Fsp3) is 0.636. The van der Waals surface area contributed by atoms with Gasteiger partial charge >= 0.3 is 0 Å². The van der Waals surface area contributed by atoms with Crippen molar-refractivity contribution in [1.82, 2.24) is 20.4 Å². The Labute approximate surface area is 172 Å². The molecule has 0 saturated heterocycles. The summed E-state index contributed by atoms with van der Waals surface area (Å²) >= 11 is 0. The molecule has 2 aromatic heterocycles. The van der Waals surface area contributed by atoms with Crippen molar-refractivity contribution in [2.75, 3.05) is 25.5 Å². The second-order valence-corrected chi connectivity index (χ2v) is 8.98. The maximum Gasteiger partial charge on any atom is 0.225 e. The van der Waals surface area contributed by atoms with Gasteiger partial charge in [0.25, 0.3) is 0 Å². The minimum atomic E-state index is 0.244. The maximum absolute atomic E-state index is 12.1. The fourth-order valence-electron chi connectivity index (χ4n) is 4.30. The van der Waals surface area contributed by atoms with Gasteiger partial charge in [-0.3, -0.25) is 4.79 Å².